The van der Waals surface area contributed by atoms with E-state index < -0.39 is 5.60 Å². The van der Waals surface area contributed by atoms with Gasteiger partial charge in [0, 0.05) is 30.9 Å². The molecule has 1 amide bonds. The number of carbonyl (C=O) groups excluding carboxylic acids is 1. The highest BCUT2D eigenvalue weighted by molar-refractivity contribution is 6.33. The Hall–Kier alpha value is -3.56. The summed E-state index contributed by atoms with van der Waals surface area (Å²) in [5, 5.41) is 10.6. The van der Waals surface area contributed by atoms with Gasteiger partial charge in [-0.3, -0.25) is 9.78 Å². The molecule has 10 heteroatoms. The van der Waals surface area contributed by atoms with Crippen molar-refractivity contribution in [3.8, 4) is 17.3 Å². The van der Waals surface area contributed by atoms with Crippen molar-refractivity contribution in [1.29, 1.82) is 0 Å². The maximum atomic E-state index is 13.0. The molecule has 0 aliphatic heterocycles. The van der Waals surface area contributed by atoms with Crippen LogP contribution >= 0.6 is 11.6 Å². The van der Waals surface area contributed by atoms with E-state index in [9.17, 15) is 9.90 Å². The first kappa shape index (κ1) is 24.8. The van der Waals surface area contributed by atoms with Crippen molar-refractivity contribution in [2.24, 2.45) is 0 Å². The third-order valence-electron chi connectivity index (χ3n) is 7.25. The van der Waals surface area contributed by atoms with Gasteiger partial charge in [-0.25, -0.2) is 9.97 Å². The number of halogens is 1. The van der Waals surface area contributed by atoms with Gasteiger partial charge in [-0.15, -0.1) is 0 Å². The molecule has 0 spiro atoms. The highest BCUT2D eigenvalue weighted by Gasteiger charge is 2.42. The lowest BCUT2D eigenvalue weighted by molar-refractivity contribution is 0.0632. The summed E-state index contributed by atoms with van der Waals surface area (Å²) in [4.78, 5) is 32.9. The lowest BCUT2D eigenvalue weighted by Gasteiger charge is -2.20. The van der Waals surface area contributed by atoms with Gasteiger partial charge in [-0.2, -0.15) is 4.98 Å². The van der Waals surface area contributed by atoms with E-state index in [1.54, 1.807) is 31.4 Å². The van der Waals surface area contributed by atoms with Crippen molar-refractivity contribution in [2.45, 2.75) is 57.3 Å². The standard InChI is InChI=1S/C28H29ClN6O3/c1-17-6-11-30-19(12-17)14-35-23(33-22-24(35)31-16-32-25(22)38-27(2)7-8-27)20-5-4-18(13-21(20)29)26(36)34(3)15-28(37)9-10-28/h4-6,11-13,16,37H,7-10,14-15H2,1-3H3. The number of imidazole rings is 1. The molecule has 196 valence electrons. The molecular weight excluding hydrogens is 504 g/mol. The summed E-state index contributed by atoms with van der Waals surface area (Å²) in [7, 11) is 1.69. The molecule has 1 aromatic carbocycles. The molecule has 2 aliphatic rings. The zero-order chi connectivity index (χ0) is 26.7. The molecule has 2 fully saturated rings. The smallest absolute Gasteiger partial charge is 0.253 e. The van der Waals surface area contributed by atoms with Crippen LogP contribution in [0, 0.1) is 6.92 Å². The zero-order valence-electron chi connectivity index (χ0n) is 21.6. The first-order valence-corrected chi connectivity index (χ1v) is 13.1. The van der Waals surface area contributed by atoms with Crippen LogP contribution in [0.15, 0.2) is 42.9 Å². The Morgan fingerprint density at radius 2 is 1.95 bits per heavy atom. The van der Waals surface area contributed by atoms with Crippen molar-refractivity contribution in [2.75, 3.05) is 13.6 Å². The summed E-state index contributed by atoms with van der Waals surface area (Å²) >= 11 is 6.79. The fourth-order valence-electron chi connectivity index (χ4n) is 4.57. The van der Waals surface area contributed by atoms with Crippen LogP contribution in [0.2, 0.25) is 5.02 Å². The zero-order valence-corrected chi connectivity index (χ0v) is 22.4. The van der Waals surface area contributed by atoms with E-state index in [-0.39, 0.29) is 11.5 Å². The van der Waals surface area contributed by atoms with Gasteiger partial charge in [0.15, 0.2) is 11.2 Å². The molecule has 0 bridgehead atoms. The maximum absolute atomic E-state index is 13.0. The fraction of sp³-hybridized carbons (Fsp3) is 0.393. The molecule has 6 rings (SSSR count). The van der Waals surface area contributed by atoms with Crippen LogP contribution in [-0.4, -0.2) is 65.2 Å². The number of rotatable bonds is 8. The number of aromatic nitrogens is 5. The SMILES string of the molecule is Cc1ccnc(Cn2c(-c3ccc(C(=O)N(C)CC4(O)CC4)cc3Cl)nc3c(OC4(C)CC4)ncnc32)c1. The minimum atomic E-state index is -0.763. The van der Waals surface area contributed by atoms with E-state index >= 15 is 0 Å². The highest BCUT2D eigenvalue weighted by Crippen LogP contribution is 2.41. The average molecular weight is 533 g/mol. The summed E-state index contributed by atoms with van der Waals surface area (Å²) < 4.78 is 8.16. The van der Waals surface area contributed by atoms with Gasteiger partial charge in [0.2, 0.25) is 5.88 Å². The van der Waals surface area contributed by atoms with Crippen LogP contribution in [0.5, 0.6) is 5.88 Å². The largest absolute Gasteiger partial charge is 0.470 e. The van der Waals surface area contributed by atoms with Gasteiger partial charge in [0.05, 0.1) is 22.9 Å². The maximum Gasteiger partial charge on any atom is 0.253 e. The van der Waals surface area contributed by atoms with E-state index in [4.69, 9.17) is 21.3 Å². The van der Waals surface area contributed by atoms with E-state index in [1.165, 1.54) is 11.2 Å². The molecule has 38 heavy (non-hydrogen) atoms. The van der Waals surface area contributed by atoms with Crippen LogP contribution in [0.1, 0.15) is 54.2 Å². The van der Waals surface area contributed by atoms with Crippen molar-refractivity contribution in [3.63, 3.8) is 0 Å². The molecule has 3 heterocycles. The molecule has 4 aromatic rings. The van der Waals surface area contributed by atoms with Gasteiger partial charge >= 0.3 is 0 Å². The van der Waals surface area contributed by atoms with Crippen LogP contribution in [0.4, 0.5) is 0 Å². The Kier molecular flexibility index (Phi) is 5.88. The molecule has 0 atom stereocenters. The number of aliphatic hydroxyl groups is 1. The Morgan fingerprint density at radius 1 is 1.16 bits per heavy atom. The van der Waals surface area contributed by atoms with Crippen molar-refractivity contribution in [3.05, 3.63) is 64.7 Å². The number of likely N-dealkylation sites (N-methyl/N-ethyl adjacent to an activating group) is 1. The predicted octanol–water partition coefficient (Wildman–Crippen LogP) is 4.43. The number of aryl methyl sites for hydroxylation is 1. The quantitative estimate of drug-likeness (QED) is 0.358. The number of hydrogen-bond acceptors (Lipinski definition) is 7. The molecule has 9 nitrogen and oxygen atoms in total. The van der Waals surface area contributed by atoms with E-state index in [0.717, 1.165) is 24.1 Å². The lowest BCUT2D eigenvalue weighted by Crippen LogP contribution is -2.35. The highest BCUT2D eigenvalue weighted by atomic mass is 35.5. The predicted molar refractivity (Wildman–Crippen MR) is 143 cm³/mol. The summed E-state index contributed by atoms with van der Waals surface area (Å²) in [6.45, 7) is 4.79. The number of amides is 1. The van der Waals surface area contributed by atoms with Crippen LogP contribution in [-0.2, 0) is 6.54 Å². The Bertz CT molecular complexity index is 1560. The van der Waals surface area contributed by atoms with Gasteiger partial charge in [-0.1, -0.05) is 11.6 Å². The normalized spacial score (nSPS) is 16.9. The summed E-state index contributed by atoms with van der Waals surface area (Å²) in [6.07, 6.45) is 6.62. The van der Waals surface area contributed by atoms with Crippen molar-refractivity contribution >= 4 is 28.7 Å². The lowest BCUT2D eigenvalue weighted by atomic mass is 10.1. The molecule has 0 radical (unpaired) electrons. The second kappa shape index (κ2) is 9.03. The second-order valence-corrected chi connectivity index (χ2v) is 11.2. The summed E-state index contributed by atoms with van der Waals surface area (Å²) in [6, 6.07) is 9.15. The fourth-order valence-corrected chi connectivity index (χ4v) is 4.84. The molecule has 1 N–H and O–H groups in total. The number of benzene rings is 1. The topological polar surface area (TPSA) is 106 Å². The first-order chi connectivity index (χ1) is 18.1. The number of ether oxygens (including phenoxy) is 1. The van der Waals surface area contributed by atoms with Gasteiger partial charge in [0.25, 0.3) is 5.91 Å². The van der Waals surface area contributed by atoms with Crippen molar-refractivity contribution < 1.29 is 14.6 Å². The molecule has 2 aliphatic carbocycles. The minimum absolute atomic E-state index is 0.199. The number of nitrogens with zero attached hydrogens (tertiary/aromatic N) is 6. The Morgan fingerprint density at radius 3 is 2.63 bits per heavy atom. The monoisotopic (exact) mass is 532 g/mol. The van der Waals surface area contributed by atoms with Crippen LogP contribution in [0.25, 0.3) is 22.6 Å². The third kappa shape index (κ3) is 4.83. The van der Waals surface area contributed by atoms with Gasteiger partial charge in [0.1, 0.15) is 17.8 Å². The molecule has 0 saturated heterocycles. The average Bonchev–Trinajstić information content (AvgIpc) is 3.77. The summed E-state index contributed by atoms with van der Waals surface area (Å²) in [5.74, 6) is 0.824. The van der Waals surface area contributed by atoms with Gasteiger partial charge in [-0.05, 0) is 75.4 Å². The molecule has 0 unspecified atom stereocenters. The number of fused-ring (bicyclic) bond motifs is 1. The number of carbonyl (C=O) groups is 1. The van der Waals surface area contributed by atoms with E-state index in [0.29, 0.717) is 64.9 Å². The third-order valence-corrected chi connectivity index (χ3v) is 7.56. The first-order valence-electron chi connectivity index (χ1n) is 12.7. The van der Waals surface area contributed by atoms with Gasteiger partial charge < -0.3 is 19.3 Å². The number of pyridine rings is 1. The Balaban J connectivity index is 1.41. The van der Waals surface area contributed by atoms with E-state index in [2.05, 4.69) is 21.9 Å². The number of hydrogen-bond donors (Lipinski definition) is 1. The molecular formula is C28H29ClN6O3. The molecule has 2 saturated carbocycles. The summed E-state index contributed by atoms with van der Waals surface area (Å²) in [5.41, 5.74) is 3.22. The van der Waals surface area contributed by atoms with Crippen LogP contribution < -0.4 is 4.74 Å². The Labute approximate surface area is 225 Å². The minimum Gasteiger partial charge on any atom is -0.470 e. The van der Waals surface area contributed by atoms with Crippen LogP contribution in [0.3, 0.4) is 0 Å². The van der Waals surface area contributed by atoms with Crippen molar-refractivity contribution in [1.82, 2.24) is 29.4 Å². The molecule has 3 aromatic heterocycles. The van der Waals surface area contributed by atoms with E-state index in [1.807, 2.05) is 23.6 Å². The second-order valence-electron chi connectivity index (χ2n) is 10.8.